The van der Waals surface area contributed by atoms with E-state index in [9.17, 15) is 0 Å². The second kappa shape index (κ2) is 8.46. The molecule has 0 aliphatic rings. The van der Waals surface area contributed by atoms with Crippen LogP contribution >= 0.6 is 21.8 Å². The highest BCUT2D eigenvalue weighted by Gasteiger charge is 2.19. The van der Waals surface area contributed by atoms with Crippen molar-refractivity contribution in [2.45, 2.75) is 35.6 Å². The molecule has 0 aliphatic carbocycles. The molecule has 2 aromatic carbocycles. The summed E-state index contributed by atoms with van der Waals surface area (Å²) in [5.74, 6) is 1.81. The first-order valence-corrected chi connectivity index (χ1v) is 12.3. The highest BCUT2D eigenvalue weighted by Crippen LogP contribution is 2.52. The molecular formula is C21H31NS2. The second-order valence-electron chi connectivity index (χ2n) is 6.96. The van der Waals surface area contributed by atoms with Crippen molar-refractivity contribution >= 4 is 21.8 Å². The van der Waals surface area contributed by atoms with Crippen molar-refractivity contribution in [1.29, 1.82) is 0 Å². The third-order valence-electron chi connectivity index (χ3n) is 4.80. The topological polar surface area (TPSA) is 12.0 Å². The van der Waals surface area contributed by atoms with Crippen molar-refractivity contribution in [3.63, 3.8) is 0 Å². The van der Waals surface area contributed by atoms with Gasteiger partial charge < -0.3 is 5.32 Å². The maximum Gasteiger partial charge on any atom is 0.0289 e. The zero-order valence-corrected chi connectivity index (χ0v) is 17.4. The van der Waals surface area contributed by atoms with Crippen LogP contribution < -0.4 is 5.32 Å². The van der Waals surface area contributed by atoms with Crippen LogP contribution in [-0.4, -0.2) is 31.6 Å². The Labute approximate surface area is 154 Å². The highest BCUT2D eigenvalue weighted by atomic mass is 32.3. The van der Waals surface area contributed by atoms with Crippen LogP contribution in [0.25, 0.3) is 0 Å². The summed E-state index contributed by atoms with van der Waals surface area (Å²) in [6.07, 6.45) is 7.01. The van der Waals surface area contributed by atoms with Gasteiger partial charge in [-0.15, -0.1) is 11.8 Å². The molecule has 0 spiro atoms. The molecule has 0 aromatic heterocycles. The Kier molecular flexibility index (Phi) is 6.85. The van der Waals surface area contributed by atoms with Crippen molar-refractivity contribution < 1.29 is 0 Å². The Morgan fingerprint density at radius 1 is 0.917 bits per heavy atom. The van der Waals surface area contributed by atoms with Gasteiger partial charge in [-0.1, -0.05) is 31.2 Å². The van der Waals surface area contributed by atoms with E-state index in [0.717, 1.165) is 0 Å². The van der Waals surface area contributed by atoms with Gasteiger partial charge in [0.15, 0.2) is 0 Å². The van der Waals surface area contributed by atoms with Crippen LogP contribution in [0.4, 0.5) is 0 Å². The monoisotopic (exact) mass is 361 g/mol. The fourth-order valence-electron chi connectivity index (χ4n) is 3.04. The molecule has 132 valence electrons. The van der Waals surface area contributed by atoms with E-state index in [1.165, 1.54) is 26.7 Å². The minimum absolute atomic E-state index is 0.409. The van der Waals surface area contributed by atoms with Gasteiger partial charge in [0.05, 0.1) is 0 Å². The van der Waals surface area contributed by atoms with E-state index >= 15 is 0 Å². The standard InChI is InChI=1S/C21H31NS2/c1-16(18-7-9-19(10-8-18)17(2)22-3)15-24(5,6)21-13-11-20(23-4)12-14-21/h7-14,16-17,22H,15H2,1-6H3. The zero-order valence-electron chi connectivity index (χ0n) is 15.8. The Bertz CT molecular complexity index is 632. The van der Waals surface area contributed by atoms with E-state index < -0.39 is 10.0 Å². The lowest BCUT2D eigenvalue weighted by molar-refractivity contribution is 0.651. The van der Waals surface area contributed by atoms with Gasteiger partial charge in [-0.25, -0.2) is 10.0 Å². The van der Waals surface area contributed by atoms with Gasteiger partial charge in [0.1, 0.15) is 0 Å². The Morgan fingerprint density at radius 3 is 1.96 bits per heavy atom. The largest absolute Gasteiger partial charge is 0.313 e. The molecule has 0 saturated carbocycles. The maximum atomic E-state index is 3.30. The summed E-state index contributed by atoms with van der Waals surface area (Å²) in [6.45, 7) is 4.56. The number of rotatable bonds is 7. The molecule has 1 nitrogen and oxygen atoms in total. The SMILES string of the molecule is CNC(C)c1ccc(C(C)CS(C)(C)c2ccc(SC)cc2)cc1. The Hall–Kier alpha value is -0.900. The molecule has 2 rings (SSSR count). The molecule has 2 unspecified atom stereocenters. The lowest BCUT2D eigenvalue weighted by Gasteiger charge is -2.35. The normalized spacial score (nSPS) is 15.1. The van der Waals surface area contributed by atoms with Gasteiger partial charge in [0, 0.05) is 10.9 Å². The first kappa shape index (κ1) is 19.4. The summed E-state index contributed by atoms with van der Waals surface area (Å²) in [6, 6.07) is 18.7. The summed E-state index contributed by atoms with van der Waals surface area (Å²) in [7, 11) is 1.22. The molecule has 0 amide bonds. The molecule has 0 heterocycles. The van der Waals surface area contributed by atoms with Gasteiger partial charge in [0.25, 0.3) is 0 Å². The van der Waals surface area contributed by atoms with Crippen LogP contribution in [-0.2, 0) is 0 Å². The molecular weight excluding hydrogens is 330 g/mol. The zero-order chi connectivity index (χ0) is 17.7. The summed E-state index contributed by atoms with van der Waals surface area (Å²) < 4.78 is 0. The molecule has 0 saturated heterocycles. The van der Waals surface area contributed by atoms with Crippen molar-refractivity contribution in [3.05, 3.63) is 59.7 Å². The summed E-state index contributed by atoms with van der Waals surface area (Å²) in [5, 5.41) is 3.30. The summed E-state index contributed by atoms with van der Waals surface area (Å²) in [5.41, 5.74) is 2.80. The predicted octanol–water partition coefficient (Wildman–Crippen LogP) is 5.92. The maximum absolute atomic E-state index is 3.30. The molecule has 2 atom stereocenters. The van der Waals surface area contributed by atoms with Gasteiger partial charge in [-0.2, -0.15) is 0 Å². The van der Waals surface area contributed by atoms with Crippen LogP contribution in [0, 0.1) is 0 Å². The lowest BCUT2D eigenvalue weighted by Crippen LogP contribution is -2.13. The second-order valence-corrected chi connectivity index (χ2v) is 11.7. The molecule has 24 heavy (non-hydrogen) atoms. The summed E-state index contributed by atoms with van der Waals surface area (Å²) >= 11 is 1.81. The van der Waals surface area contributed by atoms with Crippen molar-refractivity contribution in [2.75, 3.05) is 31.6 Å². The van der Waals surface area contributed by atoms with E-state index in [-0.39, 0.29) is 0 Å². The number of hydrogen-bond acceptors (Lipinski definition) is 2. The number of nitrogens with one attached hydrogen (secondary N) is 1. The van der Waals surface area contributed by atoms with E-state index in [0.29, 0.717) is 12.0 Å². The molecule has 0 aliphatic heterocycles. The third kappa shape index (κ3) is 4.81. The van der Waals surface area contributed by atoms with Crippen LogP contribution in [0.15, 0.2) is 58.3 Å². The minimum Gasteiger partial charge on any atom is -0.313 e. The van der Waals surface area contributed by atoms with E-state index in [2.05, 4.69) is 86.5 Å². The van der Waals surface area contributed by atoms with E-state index in [1.807, 2.05) is 18.8 Å². The average molecular weight is 362 g/mol. The minimum atomic E-state index is -0.785. The molecule has 3 heteroatoms. The van der Waals surface area contributed by atoms with E-state index in [4.69, 9.17) is 0 Å². The summed E-state index contributed by atoms with van der Waals surface area (Å²) in [4.78, 5) is 2.85. The predicted molar refractivity (Wildman–Crippen MR) is 113 cm³/mol. The van der Waals surface area contributed by atoms with Gasteiger partial charge >= 0.3 is 0 Å². The van der Waals surface area contributed by atoms with Crippen molar-refractivity contribution in [2.24, 2.45) is 0 Å². The molecule has 0 bridgehead atoms. The lowest BCUT2D eigenvalue weighted by atomic mass is 9.99. The van der Waals surface area contributed by atoms with Crippen LogP contribution in [0.3, 0.4) is 0 Å². The molecule has 2 aromatic rings. The number of thioether (sulfide) groups is 1. The fourth-order valence-corrected chi connectivity index (χ4v) is 5.96. The van der Waals surface area contributed by atoms with Crippen LogP contribution in [0.2, 0.25) is 0 Å². The molecule has 1 N–H and O–H groups in total. The molecule has 0 radical (unpaired) electrons. The molecule has 0 fully saturated rings. The quantitative estimate of drug-likeness (QED) is 0.615. The van der Waals surface area contributed by atoms with Gasteiger partial charge in [-0.05, 0) is 84.7 Å². The number of benzene rings is 2. The smallest absolute Gasteiger partial charge is 0.0289 e. The third-order valence-corrected chi connectivity index (χ3v) is 8.43. The van der Waals surface area contributed by atoms with E-state index in [1.54, 1.807) is 0 Å². The number of hydrogen-bond donors (Lipinski definition) is 1. The first-order chi connectivity index (χ1) is 11.4. The van der Waals surface area contributed by atoms with Crippen molar-refractivity contribution in [1.82, 2.24) is 5.32 Å². The highest BCUT2D eigenvalue weighted by molar-refractivity contribution is 8.32. The van der Waals surface area contributed by atoms with Crippen LogP contribution in [0.1, 0.15) is 36.9 Å². The van der Waals surface area contributed by atoms with Crippen molar-refractivity contribution in [3.8, 4) is 0 Å². The Balaban J connectivity index is 2.10. The first-order valence-electron chi connectivity index (χ1n) is 8.49. The van der Waals surface area contributed by atoms with Gasteiger partial charge in [0.2, 0.25) is 0 Å². The fraction of sp³-hybridized carbons (Fsp3) is 0.429. The van der Waals surface area contributed by atoms with Crippen LogP contribution in [0.5, 0.6) is 0 Å². The average Bonchev–Trinajstić information content (AvgIpc) is 2.60. The van der Waals surface area contributed by atoms with Gasteiger partial charge in [-0.3, -0.25) is 0 Å². The Morgan fingerprint density at radius 2 is 1.46 bits per heavy atom.